The number of nitrogens with zero attached hydrogens (tertiary/aromatic N) is 5. The zero-order valence-corrected chi connectivity index (χ0v) is 15.9. The molecule has 0 amide bonds. The lowest BCUT2D eigenvalue weighted by molar-refractivity contribution is 0.110. The van der Waals surface area contributed by atoms with Gasteiger partial charge in [0.15, 0.2) is 5.65 Å². The molecule has 4 rings (SSSR count). The van der Waals surface area contributed by atoms with Gasteiger partial charge in [-0.1, -0.05) is 19.1 Å². The van der Waals surface area contributed by atoms with E-state index in [2.05, 4.69) is 58.3 Å². The minimum Gasteiger partial charge on any atom is -0.368 e. The van der Waals surface area contributed by atoms with Gasteiger partial charge in [-0.05, 0) is 32.5 Å². The largest absolute Gasteiger partial charge is 0.368 e. The number of piperazine rings is 1. The highest BCUT2D eigenvalue weighted by molar-refractivity contribution is 5.91. The zero-order valence-electron chi connectivity index (χ0n) is 15.9. The minimum atomic E-state index is 0.484. The molecule has 0 saturated carbocycles. The number of aromatic nitrogens is 3. The fourth-order valence-electron chi connectivity index (χ4n) is 3.80. The summed E-state index contributed by atoms with van der Waals surface area (Å²) in [6.07, 6.45) is 0. The Morgan fingerprint density at radius 1 is 1.15 bits per heavy atom. The van der Waals surface area contributed by atoms with Crippen LogP contribution in [0.15, 0.2) is 30.3 Å². The van der Waals surface area contributed by atoms with Crippen molar-refractivity contribution >= 4 is 22.4 Å². The van der Waals surface area contributed by atoms with E-state index in [4.69, 9.17) is 4.98 Å². The predicted octanol–water partition coefficient (Wildman–Crippen LogP) is 2.63. The maximum Gasteiger partial charge on any atom is 0.158 e. The Hall–Kier alpha value is -2.18. The second-order valence-electron chi connectivity index (χ2n) is 7.23. The molecule has 1 saturated heterocycles. The van der Waals surface area contributed by atoms with E-state index in [1.54, 1.807) is 0 Å². The Morgan fingerprint density at radius 2 is 1.92 bits per heavy atom. The van der Waals surface area contributed by atoms with Gasteiger partial charge in [0.1, 0.15) is 5.82 Å². The normalized spacial score (nSPS) is 17.8. The van der Waals surface area contributed by atoms with Gasteiger partial charge in [0.2, 0.25) is 0 Å². The van der Waals surface area contributed by atoms with Crippen LogP contribution in [0.4, 0.5) is 5.82 Å². The summed E-state index contributed by atoms with van der Waals surface area (Å²) in [7, 11) is 0. The predicted molar refractivity (Wildman–Crippen MR) is 107 cm³/mol. The van der Waals surface area contributed by atoms with Gasteiger partial charge in [-0.15, -0.1) is 0 Å². The number of benzene rings is 1. The first-order valence-corrected chi connectivity index (χ1v) is 9.61. The van der Waals surface area contributed by atoms with Gasteiger partial charge in [0.25, 0.3) is 0 Å². The number of fused-ring (bicyclic) bond motifs is 3. The monoisotopic (exact) mass is 352 g/mol. The molecule has 138 valence electrons. The number of rotatable bonds is 5. The fourth-order valence-corrected chi connectivity index (χ4v) is 3.80. The first-order valence-electron chi connectivity index (χ1n) is 9.61. The molecule has 1 aromatic carbocycles. The number of anilines is 1. The van der Waals surface area contributed by atoms with E-state index in [9.17, 15) is 0 Å². The molecule has 0 aliphatic carbocycles. The minimum absolute atomic E-state index is 0.484. The number of nitrogens with one attached hydrogen (secondary N) is 1. The highest BCUT2D eigenvalue weighted by Crippen LogP contribution is 2.23. The number of aryl methyl sites for hydroxylation is 1. The van der Waals surface area contributed by atoms with Gasteiger partial charge in [-0.25, -0.2) is 9.50 Å². The van der Waals surface area contributed by atoms with E-state index in [1.807, 2.05) is 17.5 Å². The molecule has 0 bridgehead atoms. The van der Waals surface area contributed by atoms with Crippen molar-refractivity contribution in [2.75, 3.05) is 44.6 Å². The standard InChI is InChI=1S/C20H28N6/c1-4-24-9-11-25(12-10-24)16(3)14-21-20-17-7-5-6-8-18(17)26-19(22-20)13-15(2)23-26/h5-8,13,16H,4,9-12,14H2,1-3H3,(H,21,22). The number of para-hydroxylation sites is 1. The van der Waals surface area contributed by atoms with Crippen LogP contribution < -0.4 is 5.32 Å². The third-order valence-electron chi connectivity index (χ3n) is 5.47. The molecule has 6 nitrogen and oxygen atoms in total. The molecular formula is C20H28N6. The van der Waals surface area contributed by atoms with E-state index < -0.39 is 0 Å². The van der Waals surface area contributed by atoms with Gasteiger partial charge in [0, 0.05) is 50.2 Å². The van der Waals surface area contributed by atoms with E-state index in [0.717, 1.165) is 54.2 Å². The SMILES string of the molecule is CCN1CCN(C(C)CNc2nc3cc(C)nn3c3ccccc23)CC1. The lowest BCUT2D eigenvalue weighted by Crippen LogP contribution is -2.51. The van der Waals surface area contributed by atoms with Crippen molar-refractivity contribution in [1.82, 2.24) is 24.4 Å². The summed E-state index contributed by atoms with van der Waals surface area (Å²) in [6.45, 7) is 13.2. The van der Waals surface area contributed by atoms with Crippen LogP contribution in [0.3, 0.4) is 0 Å². The van der Waals surface area contributed by atoms with Crippen LogP contribution in [0, 0.1) is 6.92 Å². The lowest BCUT2D eigenvalue weighted by Gasteiger charge is -2.37. The van der Waals surface area contributed by atoms with Crippen LogP contribution in [-0.4, -0.2) is 69.7 Å². The third kappa shape index (κ3) is 3.27. The summed E-state index contributed by atoms with van der Waals surface area (Å²) in [6, 6.07) is 10.9. The molecular weight excluding hydrogens is 324 g/mol. The molecule has 1 N–H and O–H groups in total. The van der Waals surface area contributed by atoms with Crippen LogP contribution in [-0.2, 0) is 0 Å². The summed E-state index contributed by atoms with van der Waals surface area (Å²) < 4.78 is 1.93. The summed E-state index contributed by atoms with van der Waals surface area (Å²) in [4.78, 5) is 9.92. The lowest BCUT2D eigenvalue weighted by atomic mass is 10.2. The summed E-state index contributed by atoms with van der Waals surface area (Å²) in [5.74, 6) is 0.951. The molecule has 3 heterocycles. The molecule has 1 fully saturated rings. The first kappa shape index (κ1) is 17.2. The van der Waals surface area contributed by atoms with Gasteiger partial charge in [-0.2, -0.15) is 5.10 Å². The molecule has 3 aromatic rings. The summed E-state index contributed by atoms with van der Waals surface area (Å²) in [5.41, 5.74) is 2.98. The summed E-state index contributed by atoms with van der Waals surface area (Å²) in [5, 5.41) is 9.30. The average Bonchev–Trinajstić information content (AvgIpc) is 3.06. The first-order chi connectivity index (χ1) is 12.7. The third-order valence-corrected chi connectivity index (χ3v) is 5.47. The van der Waals surface area contributed by atoms with Crippen molar-refractivity contribution in [2.45, 2.75) is 26.8 Å². The van der Waals surface area contributed by atoms with Crippen molar-refractivity contribution < 1.29 is 0 Å². The van der Waals surface area contributed by atoms with Crippen molar-refractivity contribution in [3.8, 4) is 0 Å². The van der Waals surface area contributed by atoms with Gasteiger partial charge in [0.05, 0.1) is 11.2 Å². The van der Waals surface area contributed by atoms with Crippen LogP contribution in [0.1, 0.15) is 19.5 Å². The molecule has 6 heteroatoms. The van der Waals surface area contributed by atoms with E-state index in [0.29, 0.717) is 6.04 Å². The quantitative estimate of drug-likeness (QED) is 0.765. The molecule has 26 heavy (non-hydrogen) atoms. The van der Waals surface area contributed by atoms with Crippen molar-refractivity contribution in [1.29, 1.82) is 0 Å². The summed E-state index contributed by atoms with van der Waals surface area (Å²) >= 11 is 0. The topological polar surface area (TPSA) is 48.7 Å². The number of hydrogen-bond donors (Lipinski definition) is 1. The number of likely N-dealkylation sites (N-methyl/N-ethyl adjacent to an activating group) is 1. The van der Waals surface area contributed by atoms with E-state index >= 15 is 0 Å². The Morgan fingerprint density at radius 3 is 2.69 bits per heavy atom. The molecule has 0 radical (unpaired) electrons. The average molecular weight is 352 g/mol. The van der Waals surface area contributed by atoms with Crippen LogP contribution in [0.2, 0.25) is 0 Å². The molecule has 0 spiro atoms. The smallest absolute Gasteiger partial charge is 0.158 e. The van der Waals surface area contributed by atoms with Crippen molar-refractivity contribution in [3.05, 3.63) is 36.0 Å². The Balaban J connectivity index is 1.53. The van der Waals surface area contributed by atoms with Crippen LogP contribution >= 0.6 is 0 Å². The fraction of sp³-hybridized carbons (Fsp3) is 0.500. The Kier molecular flexibility index (Phi) is 4.78. The van der Waals surface area contributed by atoms with Gasteiger partial charge < -0.3 is 10.2 Å². The zero-order chi connectivity index (χ0) is 18.1. The highest BCUT2D eigenvalue weighted by Gasteiger charge is 2.20. The highest BCUT2D eigenvalue weighted by atomic mass is 15.3. The maximum atomic E-state index is 4.83. The van der Waals surface area contributed by atoms with E-state index in [-0.39, 0.29) is 0 Å². The maximum absolute atomic E-state index is 4.83. The van der Waals surface area contributed by atoms with Crippen LogP contribution in [0.5, 0.6) is 0 Å². The van der Waals surface area contributed by atoms with Crippen molar-refractivity contribution in [3.63, 3.8) is 0 Å². The molecule has 1 atom stereocenters. The van der Waals surface area contributed by atoms with Crippen LogP contribution in [0.25, 0.3) is 16.6 Å². The molecule has 2 aromatic heterocycles. The Bertz CT molecular complexity index is 894. The second kappa shape index (κ2) is 7.21. The van der Waals surface area contributed by atoms with E-state index in [1.165, 1.54) is 13.1 Å². The second-order valence-corrected chi connectivity index (χ2v) is 7.23. The van der Waals surface area contributed by atoms with Gasteiger partial charge >= 0.3 is 0 Å². The Labute approximate surface area is 154 Å². The molecule has 1 aliphatic heterocycles. The molecule has 1 aliphatic rings. The van der Waals surface area contributed by atoms with Gasteiger partial charge in [-0.3, -0.25) is 4.90 Å². The molecule has 1 unspecified atom stereocenters. The number of hydrogen-bond acceptors (Lipinski definition) is 5. The van der Waals surface area contributed by atoms with Crippen molar-refractivity contribution in [2.24, 2.45) is 0 Å².